The predicted molar refractivity (Wildman–Crippen MR) is 55.8 cm³/mol. The van der Waals surface area contributed by atoms with Crippen molar-refractivity contribution >= 4 is 0 Å². The third kappa shape index (κ3) is 1.39. The van der Waals surface area contributed by atoms with Crippen LogP contribution in [-0.2, 0) is 13.1 Å². The van der Waals surface area contributed by atoms with Gasteiger partial charge in [0.1, 0.15) is 6.33 Å². The quantitative estimate of drug-likeness (QED) is 0.746. The van der Waals surface area contributed by atoms with E-state index in [9.17, 15) is 0 Å². The zero-order chi connectivity index (χ0) is 10.1. The Morgan fingerprint density at radius 3 is 2.80 bits per heavy atom. The van der Waals surface area contributed by atoms with Gasteiger partial charge in [-0.3, -0.25) is 4.98 Å². The summed E-state index contributed by atoms with van der Waals surface area (Å²) in [6.07, 6.45) is 5.19. The number of nitrogens with zero attached hydrogens (tertiary/aromatic N) is 3. The summed E-state index contributed by atoms with van der Waals surface area (Å²) in [5, 5.41) is 3.28. The Morgan fingerprint density at radius 2 is 1.93 bits per heavy atom. The second kappa shape index (κ2) is 3.40. The van der Waals surface area contributed by atoms with Crippen LogP contribution in [0.2, 0.25) is 0 Å². The molecule has 0 radical (unpaired) electrons. The molecule has 0 saturated heterocycles. The van der Waals surface area contributed by atoms with Crippen LogP contribution < -0.4 is 5.32 Å². The minimum absolute atomic E-state index is 0.843. The lowest BCUT2D eigenvalue weighted by Crippen LogP contribution is -2.00. The number of hydrogen-bond donors (Lipinski definition) is 1. The monoisotopic (exact) mass is 198 g/mol. The van der Waals surface area contributed by atoms with E-state index in [1.54, 1.807) is 18.7 Å². The molecule has 2 aromatic heterocycles. The summed E-state index contributed by atoms with van der Waals surface area (Å²) < 4.78 is 0. The van der Waals surface area contributed by atoms with Gasteiger partial charge in [0.05, 0.1) is 11.4 Å². The maximum Gasteiger partial charge on any atom is 0.116 e. The third-order valence-corrected chi connectivity index (χ3v) is 2.58. The Hall–Kier alpha value is -1.81. The van der Waals surface area contributed by atoms with Crippen molar-refractivity contribution in [3.05, 3.63) is 42.1 Å². The first-order chi connectivity index (χ1) is 7.45. The molecular weight excluding hydrogens is 188 g/mol. The summed E-state index contributed by atoms with van der Waals surface area (Å²) >= 11 is 0. The summed E-state index contributed by atoms with van der Waals surface area (Å²) in [6.45, 7) is 1.70. The van der Waals surface area contributed by atoms with Gasteiger partial charge < -0.3 is 5.32 Å². The Labute approximate surface area is 87.4 Å². The van der Waals surface area contributed by atoms with Crippen molar-refractivity contribution < 1.29 is 0 Å². The molecule has 0 aliphatic carbocycles. The standard InChI is InChI=1S/C11H10N4/c1-3-12-4-2-8(1)11-9-5-13-6-10(9)14-7-15-11/h1-4,7,13H,5-6H2. The molecule has 1 aliphatic heterocycles. The molecule has 0 unspecified atom stereocenters. The zero-order valence-electron chi connectivity index (χ0n) is 8.14. The maximum absolute atomic E-state index is 4.34. The molecule has 3 heterocycles. The van der Waals surface area contributed by atoms with Crippen LogP contribution in [0.1, 0.15) is 11.3 Å². The normalized spacial score (nSPS) is 13.9. The fourth-order valence-corrected chi connectivity index (χ4v) is 1.85. The highest BCUT2D eigenvalue weighted by molar-refractivity contribution is 5.63. The van der Waals surface area contributed by atoms with Crippen LogP contribution in [0.25, 0.3) is 11.3 Å². The van der Waals surface area contributed by atoms with Crippen molar-refractivity contribution in [2.24, 2.45) is 0 Å². The highest BCUT2D eigenvalue weighted by atomic mass is 15.0. The summed E-state index contributed by atoms with van der Waals surface area (Å²) in [6, 6.07) is 3.95. The molecule has 4 heteroatoms. The van der Waals surface area contributed by atoms with Crippen molar-refractivity contribution in [2.75, 3.05) is 0 Å². The first-order valence-electron chi connectivity index (χ1n) is 4.89. The Kier molecular flexibility index (Phi) is 1.93. The second-order valence-corrected chi connectivity index (χ2v) is 3.49. The second-order valence-electron chi connectivity index (χ2n) is 3.49. The van der Waals surface area contributed by atoms with E-state index in [4.69, 9.17) is 0 Å². The molecule has 15 heavy (non-hydrogen) atoms. The van der Waals surface area contributed by atoms with Gasteiger partial charge in [-0.25, -0.2) is 9.97 Å². The molecule has 3 rings (SSSR count). The van der Waals surface area contributed by atoms with E-state index in [2.05, 4.69) is 20.3 Å². The predicted octanol–water partition coefficient (Wildman–Crippen LogP) is 1.14. The average Bonchev–Trinajstić information content (AvgIpc) is 2.78. The molecule has 1 aliphatic rings. The van der Waals surface area contributed by atoms with Gasteiger partial charge in [0.15, 0.2) is 0 Å². The van der Waals surface area contributed by atoms with Gasteiger partial charge in [-0.15, -0.1) is 0 Å². The van der Waals surface area contributed by atoms with Crippen molar-refractivity contribution in [1.29, 1.82) is 0 Å². The van der Waals surface area contributed by atoms with E-state index >= 15 is 0 Å². The third-order valence-electron chi connectivity index (χ3n) is 2.58. The first kappa shape index (κ1) is 8.49. The van der Waals surface area contributed by atoms with E-state index in [1.165, 1.54) is 5.56 Å². The Bertz CT molecular complexity index is 481. The highest BCUT2D eigenvalue weighted by Gasteiger charge is 2.16. The highest BCUT2D eigenvalue weighted by Crippen LogP contribution is 2.24. The van der Waals surface area contributed by atoms with Gasteiger partial charge in [0.2, 0.25) is 0 Å². The molecule has 0 saturated carbocycles. The molecule has 2 aromatic rings. The smallest absolute Gasteiger partial charge is 0.116 e. The van der Waals surface area contributed by atoms with Gasteiger partial charge >= 0.3 is 0 Å². The minimum Gasteiger partial charge on any atom is -0.307 e. The first-order valence-corrected chi connectivity index (χ1v) is 4.89. The molecule has 0 fully saturated rings. The summed E-state index contributed by atoms with van der Waals surface area (Å²) in [5.74, 6) is 0. The van der Waals surface area contributed by atoms with E-state index < -0.39 is 0 Å². The fraction of sp³-hybridized carbons (Fsp3) is 0.182. The van der Waals surface area contributed by atoms with Crippen molar-refractivity contribution in [1.82, 2.24) is 20.3 Å². The van der Waals surface area contributed by atoms with Crippen LogP contribution in [0, 0.1) is 0 Å². The van der Waals surface area contributed by atoms with Gasteiger partial charge in [0, 0.05) is 36.6 Å². The van der Waals surface area contributed by atoms with E-state index in [1.807, 2.05) is 12.1 Å². The number of rotatable bonds is 1. The number of nitrogens with one attached hydrogen (secondary N) is 1. The largest absolute Gasteiger partial charge is 0.307 e. The number of hydrogen-bond acceptors (Lipinski definition) is 4. The molecule has 0 amide bonds. The summed E-state index contributed by atoms with van der Waals surface area (Å²) in [4.78, 5) is 12.6. The molecule has 0 spiro atoms. The fourth-order valence-electron chi connectivity index (χ4n) is 1.85. The molecule has 4 nitrogen and oxygen atoms in total. The van der Waals surface area contributed by atoms with Crippen LogP contribution >= 0.6 is 0 Å². The molecule has 74 valence electrons. The van der Waals surface area contributed by atoms with Crippen LogP contribution in [0.3, 0.4) is 0 Å². The minimum atomic E-state index is 0.843. The Balaban J connectivity index is 2.17. The summed E-state index contributed by atoms with van der Waals surface area (Å²) in [5.41, 5.74) is 4.44. The zero-order valence-corrected chi connectivity index (χ0v) is 8.14. The lowest BCUT2D eigenvalue weighted by molar-refractivity contribution is 0.758. The SMILES string of the molecule is c1cc(-c2ncnc3c2CNC3)ccn1. The number of aromatic nitrogens is 3. The van der Waals surface area contributed by atoms with Crippen molar-refractivity contribution in [2.45, 2.75) is 13.1 Å². The van der Waals surface area contributed by atoms with Crippen molar-refractivity contribution in [3.63, 3.8) is 0 Å². The number of pyridine rings is 1. The van der Waals surface area contributed by atoms with Crippen LogP contribution in [0.15, 0.2) is 30.9 Å². The van der Waals surface area contributed by atoms with Crippen molar-refractivity contribution in [3.8, 4) is 11.3 Å². The van der Waals surface area contributed by atoms with Gasteiger partial charge in [0.25, 0.3) is 0 Å². The summed E-state index contributed by atoms with van der Waals surface area (Å²) in [7, 11) is 0. The lowest BCUT2D eigenvalue weighted by Gasteiger charge is -2.04. The van der Waals surface area contributed by atoms with Gasteiger partial charge in [-0.1, -0.05) is 0 Å². The van der Waals surface area contributed by atoms with Crippen LogP contribution in [0.5, 0.6) is 0 Å². The van der Waals surface area contributed by atoms with Gasteiger partial charge in [-0.2, -0.15) is 0 Å². The molecule has 1 N–H and O–H groups in total. The molecule has 0 atom stereocenters. The molecule has 0 aromatic carbocycles. The molecular formula is C11H10N4. The lowest BCUT2D eigenvalue weighted by atomic mass is 10.1. The van der Waals surface area contributed by atoms with E-state index in [0.29, 0.717) is 0 Å². The number of fused-ring (bicyclic) bond motifs is 1. The van der Waals surface area contributed by atoms with Gasteiger partial charge in [-0.05, 0) is 12.1 Å². The topological polar surface area (TPSA) is 50.7 Å². The van der Waals surface area contributed by atoms with Crippen LogP contribution in [-0.4, -0.2) is 15.0 Å². The average molecular weight is 198 g/mol. The van der Waals surface area contributed by atoms with Crippen LogP contribution in [0.4, 0.5) is 0 Å². The molecule has 0 bridgehead atoms. The Morgan fingerprint density at radius 1 is 1.07 bits per heavy atom. The maximum atomic E-state index is 4.34. The van der Waals surface area contributed by atoms with E-state index in [-0.39, 0.29) is 0 Å². The van der Waals surface area contributed by atoms with E-state index in [0.717, 1.165) is 30.0 Å².